The van der Waals surface area contributed by atoms with E-state index in [1.165, 1.54) is 37.8 Å². The monoisotopic (exact) mass is 1150 g/mol. The molecular weight excluding hydrogens is 1100 g/mol. The van der Waals surface area contributed by atoms with Crippen LogP contribution >= 0.6 is 0 Å². The van der Waals surface area contributed by atoms with Crippen LogP contribution in [0.5, 0.6) is 0 Å². The van der Waals surface area contributed by atoms with Crippen LogP contribution in [0.3, 0.4) is 0 Å². The highest BCUT2D eigenvalue weighted by Crippen LogP contribution is 2.36. The summed E-state index contributed by atoms with van der Waals surface area (Å²) in [5.41, 5.74) is 19.4. The summed E-state index contributed by atoms with van der Waals surface area (Å²) in [5.74, 6) is 0. The first-order valence-corrected chi connectivity index (χ1v) is 29.9. The molecule has 0 spiro atoms. The molecule has 0 fully saturated rings. The molecule has 0 N–H and O–H groups in total. The van der Waals surface area contributed by atoms with Gasteiger partial charge in [0, 0.05) is 96.9 Å². The molecule has 0 aliphatic carbocycles. The van der Waals surface area contributed by atoms with Crippen molar-refractivity contribution in [3.8, 4) is 79.2 Å². The maximum absolute atomic E-state index is 5.05. The Hall–Kier alpha value is -12.4. The number of hydrogen-bond acceptors (Lipinski definition) is 8. The van der Waals surface area contributed by atoms with Crippen LogP contribution in [0.15, 0.2) is 304 Å². The largest absolute Gasteiger partial charge is 0.309 e. The third-order valence-electron chi connectivity index (χ3n) is 17.0. The molecular formula is C80H50N10. The number of nitrogens with zero attached hydrogens (tertiary/aromatic N) is 10. The fourth-order valence-electron chi connectivity index (χ4n) is 12.7. The third kappa shape index (κ3) is 9.22. The van der Waals surface area contributed by atoms with Crippen LogP contribution in [0.1, 0.15) is 0 Å². The molecule has 0 aliphatic rings. The van der Waals surface area contributed by atoms with Gasteiger partial charge in [0.25, 0.3) is 0 Å². The van der Waals surface area contributed by atoms with Gasteiger partial charge in [-0.15, -0.1) is 0 Å². The Kier molecular flexibility index (Phi) is 12.6. The van der Waals surface area contributed by atoms with Crippen LogP contribution in [-0.4, -0.2) is 49.0 Å². The van der Waals surface area contributed by atoms with Gasteiger partial charge in [-0.3, -0.25) is 19.5 Å². The lowest BCUT2D eigenvalue weighted by atomic mass is 9.99. The van der Waals surface area contributed by atoms with E-state index in [2.05, 4.69) is 231 Å². The Morgan fingerprint density at radius 1 is 0.233 bits per heavy atom. The SMILES string of the molecule is c1cc(-c2ccc(-n3c4ccccc4c4cccnc43)cc2)nc(-c2cccc(-c3cnc4c(ccc5cccnc54)c3)n2)c1.c1cc(-c2ccc(-n3c4ccccc4c4cnccc43)cc2)nc(-c2cccc(-c3ccc4c(ccc5ccccc54)c3)n2)c1. The molecule has 10 heterocycles. The van der Waals surface area contributed by atoms with Crippen LogP contribution in [0, 0.1) is 0 Å². The first-order valence-electron chi connectivity index (χ1n) is 29.9. The summed E-state index contributed by atoms with van der Waals surface area (Å²) in [6.07, 6.45) is 9.33. The maximum Gasteiger partial charge on any atom is 0.145 e. The number of para-hydroxylation sites is 2. The zero-order chi connectivity index (χ0) is 59.5. The predicted octanol–water partition coefficient (Wildman–Crippen LogP) is 19.3. The van der Waals surface area contributed by atoms with E-state index < -0.39 is 0 Å². The highest BCUT2D eigenvalue weighted by Gasteiger charge is 2.17. The molecule has 10 nitrogen and oxygen atoms in total. The lowest BCUT2D eigenvalue weighted by Gasteiger charge is -2.10. The van der Waals surface area contributed by atoms with E-state index >= 15 is 0 Å². The van der Waals surface area contributed by atoms with Gasteiger partial charge in [0.2, 0.25) is 0 Å². The molecule has 10 heteroatoms. The zero-order valence-corrected chi connectivity index (χ0v) is 48.3. The molecule has 0 saturated carbocycles. The maximum atomic E-state index is 5.05. The fourth-order valence-corrected chi connectivity index (χ4v) is 12.7. The Labute approximate surface area is 516 Å². The first kappa shape index (κ1) is 52.0. The van der Waals surface area contributed by atoms with Gasteiger partial charge in [0.05, 0.1) is 73.1 Å². The molecule has 90 heavy (non-hydrogen) atoms. The molecule has 18 aromatic rings. The lowest BCUT2D eigenvalue weighted by molar-refractivity contribution is 1.13. The molecule has 10 aromatic heterocycles. The summed E-state index contributed by atoms with van der Waals surface area (Å²) in [6, 6.07) is 94.5. The minimum absolute atomic E-state index is 0.808. The van der Waals surface area contributed by atoms with E-state index in [4.69, 9.17) is 29.9 Å². The van der Waals surface area contributed by atoms with Gasteiger partial charge in [-0.05, 0) is 143 Å². The summed E-state index contributed by atoms with van der Waals surface area (Å²) in [4.78, 5) is 38.5. The van der Waals surface area contributed by atoms with Crippen molar-refractivity contribution in [3.05, 3.63) is 304 Å². The van der Waals surface area contributed by atoms with Gasteiger partial charge >= 0.3 is 0 Å². The zero-order valence-electron chi connectivity index (χ0n) is 48.3. The van der Waals surface area contributed by atoms with Crippen molar-refractivity contribution in [2.45, 2.75) is 0 Å². The number of rotatable bonds is 8. The first-order chi connectivity index (χ1) is 44.6. The van der Waals surface area contributed by atoms with Crippen LogP contribution in [0.25, 0.3) is 166 Å². The van der Waals surface area contributed by atoms with Crippen molar-refractivity contribution >= 4 is 87.1 Å². The van der Waals surface area contributed by atoms with Crippen molar-refractivity contribution in [3.63, 3.8) is 0 Å². The van der Waals surface area contributed by atoms with Gasteiger partial charge in [0.15, 0.2) is 0 Å². The molecule has 0 atom stereocenters. The Morgan fingerprint density at radius 2 is 0.689 bits per heavy atom. The Balaban J connectivity index is 0.000000139. The van der Waals surface area contributed by atoms with Crippen molar-refractivity contribution in [1.82, 2.24) is 49.0 Å². The summed E-state index contributed by atoms with van der Waals surface area (Å²) < 4.78 is 4.51. The van der Waals surface area contributed by atoms with Crippen molar-refractivity contribution in [1.29, 1.82) is 0 Å². The van der Waals surface area contributed by atoms with E-state index in [1.54, 1.807) is 6.20 Å². The number of fused-ring (bicyclic) bond motifs is 12. The molecule has 0 aliphatic heterocycles. The van der Waals surface area contributed by atoms with Crippen LogP contribution < -0.4 is 0 Å². The molecule has 0 saturated heterocycles. The smallest absolute Gasteiger partial charge is 0.145 e. The molecule has 0 bridgehead atoms. The number of aromatic nitrogens is 10. The quantitative estimate of drug-likeness (QED) is 0.138. The van der Waals surface area contributed by atoms with Crippen molar-refractivity contribution in [2.24, 2.45) is 0 Å². The molecule has 18 rings (SSSR count). The van der Waals surface area contributed by atoms with Gasteiger partial charge in [-0.25, -0.2) is 24.9 Å². The lowest BCUT2D eigenvalue weighted by Crippen LogP contribution is -1.96. The fraction of sp³-hybridized carbons (Fsp3) is 0. The standard InChI is InChI=1S/C41H26N4.C39H24N6/c1-2-8-32-27(7-1)15-16-29-25-30(19-22-33(29)32)37-11-6-13-39(44-37)38-12-5-10-36(43-38)28-17-20-31(21-18-28)45-40-14-4-3-9-34(40)35-26-42-24-23-41(35)45;1-2-14-36-30(8-1)31-9-6-22-41-39(31)45(36)29-19-17-25(18-20-29)32-10-3-12-34(43-32)35-13-4-11-33(44-35)28-23-27-16-15-26-7-5-21-40-37(26)38(27)42-24-28/h1-26H;1-24H. The summed E-state index contributed by atoms with van der Waals surface area (Å²) in [6.45, 7) is 0. The molecule has 420 valence electrons. The average molecular weight is 1150 g/mol. The van der Waals surface area contributed by atoms with Gasteiger partial charge < -0.3 is 4.57 Å². The highest BCUT2D eigenvalue weighted by atomic mass is 15.0. The van der Waals surface area contributed by atoms with Gasteiger partial charge in [-0.2, -0.15) is 0 Å². The second kappa shape index (κ2) is 21.8. The molecule has 0 radical (unpaired) electrons. The highest BCUT2D eigenvalue weighted by molar-refractivity contribution is 6.11. The van der Waals surface area contributed by atoms with Gasteiger partial charge in [0.1, 0.15) is 5.65 Å². The van der Waals surface area contributed by atoms with E-state index in [-0.39, 0.29) is 0 Å². The summed E-state index contributed by atoms with van der Waals surface area (Å²) in [5, 5.41) is 11.8. The van der Waals surface area contributed by atoms with Crippen LogP contribution in [0.4, 0.5) is 0 Å². The van der Waals surface area contributed by atoms with Crippen LogP contribution in [0.2, 0.25) is 0 Å². The summed E-state index contributed by atoms with van der Waals surface area (Å²) in [7, 11) is 0. The number of pyridine rings is 8. The second-order valence-electron chi connectivity index (χ2n) is 22.4. The summed E-state index contributed by atoms with van der Waals surface area (Å²) >= 11 is 0. The third-order valence-corrected chi connectivity index (χ3v) is 17.0. The molecule has 8 aromatic carbocycles. The normalized spacial score (nSPS) is 11.6. The van der Waals surface area contributed by atoms with Crippen LogP contribution in [-0.2, 0) is 0 Å². The van der Waals surface area contributed by atoms with Crippen molar-refractivity contribution < 1.29 is 0 Å². The van der Waals surface area contributed by atoms with E-state index in [0.29, 0.717) is 0 Å². The molecule has 0 unspecified atom stereocenters. The van der Waals surface area contributed by atoms with E-state index in [0.717, 1.165) is 128 Å². The predicted molar refractivity (Wildman–Crippen MR) is 367 cm³/mol. The average Bonchev–Trinajstić information content (AvgIpc) is 1.72. The van der Waals surface area contributed by atoms with E-state index in [9.17, 15) is 0 Å². The minimum atomic E-state index is 0.808. The van der Waals surface area contributed by atoms with Gasteiger partial charge in [-0.1, -0.05) is 152 Å². The second-order valence-corrected chi connectivity index (χ2v) is 22.4. The number of hydrogen-bond donors (Lipinski definition) is 0. The number of benzene rings is 8. The molecule has 0 amide bonds. The Bertz CT molecular complexity index is 5350. The Morgan fingerprint density at radius 3 is 1.38 bits per heavy atom. The van der Waals surface area contributed by atoms with Crippen molar-refractivity contribution in [2.75, 3.05) is 0 Å². The minimum Gasteiger partial charge on any atom is -0.309 e. The van der Waals surface area contributed by atoms with E-state index in [1.807, 2.05) is 85.5 Å². The topological polar surface area (TPSA) is 113 Å².